The van der Waals surface area contributed by atoms with E-state index >= 15 is 0 Å². The lowest BCUT2D eigenvalue weighted by Crippen LogP contribution is -2.35. The number of rotatable bonds is 10. The fourth-order valence-electron chi connectivity index (χ4n) is 2.64. The standard InChI is InChI=1S/C20H28N2O5/c1-3-9-26-16(2)20(24)27-15-19(23)21-13-17-5-4-6-18(12-17)14-22-7-10-25-11-8-22/h3-6,12,16H,1,7-11,13-15H2,2H3,(H,21,23). The molecule has 0 bridgehead atoms. The largest absolute Gasteiger partial charge is 0.454 e. The Morgan fingerprint density at radius 3 is 2.81 bits per heavy atom. The van der Waals surface area contributed by atoms with Crippen molar-refractivity contribution in [3.8, 4) is 0 Å². The van der Waals surface area contributed by atoms with E-state index in [-0.39, 0.29) is 19.1 Å². The highest BCUT2D eigenvalue weighted by Gasteiger charge is 2.16. The Morgan fingerprint density at radius 1 is 1.33 bits per heavy atom. The van der Waals surface area contributed by atoms with E-state index in [9.17, 15) is 9.59 Å². The lowest BCUT2D eigenvalue weighted by atomic mass is 10.1. The molecule has 1 amide bonds. The molecule has 1 aromatic carbocycles. The third-order valence-corrected chi connectivity index (χ3v) is 4.13. The number of carbonyl (C=O) groups is 2. The molecule has 7 nitrogen and oxygen atoms in total. The van der Waals surface area contributed by atoms with Crippen LogP contribution in [0.25, 0.3) is 0 Å². The van der Waals surface area contributed by atoms with Gasteiger partial charge in [-0.2, -0.15) is 0 Å². The van der Waals surface area contributed by atoms with E-state index in [0.717, 1.165) is 38.4 Å². The van der Waals surface area contributed by atoms with Crippen LogP contribution in [0.5, 0.6) is 0 Å². The quantitative estimate of drug-likeness (QED) is 0.490. The predicted molar refractivity (Wildman–Crippen MR) is 101 cm³/mol. The zero-order valence-corrected chi connectivity index (χ0v) is 15.8. The first-order valence-electron chi connectivity index (χ1n) is 9.12. The van der Waals surface area contributed by atoms with Gasteiger partial charge in [0.1, 0.15) is 0 Å². The van der Waals surface area contributed by atoms with Crippen LogP contribution < -0.4 is 5.32 Å². The highest BCUT2D eigenvalue weighted by atomic mass is 16.6. The molecule has 0 aromatic heterocycles. The number of morpholine rings is 1. The summed E-state index contributed by atoms with van der Waals surface area (Å²) >= 11 is 0. The Morgan fingerprint density at radius 2 is 2.07 bits per heavy atom. The first-order valence-corrected chi connectivity index (χ1v) is 9.12. The number of nitrogens with zero attached hydrogens (tertiary/aromatic N) is 1. The van der Waals surface area contributed by atoms with Crippen LogP contribution in [0.4, 0.5) is 0 Å². The predicted octanol–water partition coefficient (Wildman–Crippen LogP) is 1.27. The van der Waals surface area contributed by atoms with Gasteiger partial charge in [-0.25, -0.2) is 4.79 Å². The van der Waals surface area contributed by atoms with Gasteiger partial charge in [0, 0.05) is 26.2 Å². The lowest BCUT2D eigenvalue weighted by molar-refractivity contribution is -0.158. The number of hydrogen-bond acceptors (Lipinski definition) is 6. The minimum atomic E-state index is -0.729. The number of nitrogens with one attached hydrogen (secondary N) is 1. The zero-order chi connectivity index (χ0) is 19.5. The molecular weight excluding hydrogens is 348 g/mol. The van der Waals surface area contributed by atoms with Crippen LogP contribution in [0.2, 0.25) is 0 Å². The highest BCUT2D eigenvalue weighted by molar-refractivity contribution is 5.81. The van der Waals surface area contributed by atoms with Gasteiger partial charge in [0.2, 0.25) is 0 Å². The molecule has 7 heteroatoms. The Labute approximate surface area is 160 Å². The Hall–Kier alpha value is -2.22. The van der Waals surface area contributed by atoms with Crippen molar-refractivity contribution < 1.29 is 23.8 Å². The van der Waals surface area contributed by atoms with Crippen molar-refractivity contribution in [3.05, 3.63) is 48.0 Å². The number of hydrogen-bond donors (Lipinski definition) is 1. The van der Waals surface area contributed by atoms with Gasteiger partial charge in [-0.15, -0.1) is 6.58 Å². The van der Waals surface area contributed by atoms with Gasteiger partial charge in [-0.3, -0.25) is 9.69 Å². The van der Waals surface area contributed by atoms with Crippen LogP contribution in [-0.2, 0) is 36.9 Å². The summed E-state index contributed by atoms with van der Waals surface area (Å²) in [5.74, 6) is -0.919. The molecule has 1 saturated heterocycles. The maximum Gasteiger partial charge on any atom is 0.335 e. The number of amides is 1. The molecule has 1 aliphatic rings. The van der Waals surface area contributed by atoms with Gasteiger partial charge in [0.15, 0.2) is 12.7 Å². The third kappa shape index (κ3) is 7.90. The van der Waals surface area contributed by atoms with Crippen molar-refractivity contribution in [2.45, 2.75) is 26.1 Å². The molecule has 1 aromatic rings. The summed E-state index contributed by atoms with van der Waals surface area (Å²) in [4.78, 5) is 25.9. The van der Waals surface area contributed by atoms with Crippen molar-refractivity contribution in [1.82, 2.24) is 10.2 Å². The SMILES string of the molecule is C=CCOC(C)C(=O)OCC(=O)NCc1cccc(CN2CCOCC2)c1. The number of ether oxygens (including phenoxy) is 3. The summed E-state index contributed by atoms with van der Waals surface area (Å²) in [6, 6.07) is 8.09. The summed E-state index contributed by atoms with van der Waals surface area (Å²) in [5.41, 5.74) is 2.20. The fraction of sp³-hybridized carbons (Fsp3) is 0.500. The Balaban J connectivity index is 1.72. The van der Waals surface area contributed by atoms with Gasteiger partial charge < -0.3 is 19.5 Å². The average Bonchev–Trinajstić information content (AvgIpc) is 2.69. The van der Waals surface area contributed by atoms with E-state index in [1.54, 1.807) is 13.0 Å². The van der Waals surface area contributed by atoms with Crippen molar-refractivity contribution in [2.75, 3.05) is 39.5 Å². The van der Waals surface area contributed by atoms with E-state index in [1.165, 1.54) is 5.56 Å². The zero-order valence-electron chi connectivity index (χ0n) is 15.8. The molecule has 0 aliphatic carbocycles. The van der Waals surface area contributed by atoms with E-state index in [1.807, 2.05) is 12.1 Å². The summed E-state index contributed by atoms with van der Waals surface area (Å²) in [7, 11) is 0. The van der Waals surface area contributed by atoms with Crippen LogP contribution in [0.3, 0.4) is 0 Å². The van der Waals surface area contributed by atoms with Crippen molar-refractivity contribution in [1.29, 1.82) is 0 Å². The third-order valence-electron chi connectivity index (χ3n) is 4.13. The van der Waals surface area contributed by atoms with Crippen LogP contribution >= 0.6 is 0 Å². The smallest absolute Gasteiger partial charge is 0.335 e. The van der Waals surface area contributed by atoms with Crippen LogP contribution in [0.15, 0.2) is 36.9 Å². The maximum atomic E-state index is 11.9. The van der Waals surface area contributed by atoms with Crippen LogP contribution in [0, 0.1) is 0 Å². The van der Waals surface area contributed by atoms with Crippen LogP contribution in [0.1, 0.15) is 18.1 Å². The summed E-state index contributed by atoms with van der Waals surface area (Å²) < 4.78 is 15.5. The van der Waals surface area contributed by atoms with Crippen molar-refractivity contribution >= 4 is 11.9 Å². The number of esters is 1. The molecule has 0 spiro atoms. The van der Waals surface area contributed by atoms with Crippen LogP contribution in [-0.4, -0.2) is 62.4 Å². The fourth-order valence-corrected chi connectivity index (χ4v) is 2.64. The molecule has 1 unspecified atom stereocenters. The molecule has 1 aliphatic heterocycles. The molecule has 1 N–H and O–H groups in total. The average molecular weight is 376 g/mol. The van der Waals surface area contributed by atoms with Crippen molar-refractivity contribution in [2.24, 2.45) is 0 Å². The van der Waals surface area contributed by atoms with Gasteiger partial charge >= 0.3 is 5.97 Å². The topological polar surface area (TPSA) is 77.1 Å². The number of benzene rings is 1. The molecular formula is C20H28N2O5. The molecule has 2 rings (SSSR count). The second-order valence-electron chi connectivity index (χ2n) is 6.36. The summed E-state index contributed by atoms with van der Waals surface area (Å²) in [6.07, 6.45) is 0.816. The highest BCUT2D eigenvalue weighted by Crippen LogP contribution is 2.10. The normalized spacial score (nSPS) is 15.7. The minimum absolute atomic E-state index is 0.253. The maximum absolute atomic E-state index is 11.9. The second kappa shape index (κ2) is 11.5. The van der Waals surface area contributed by atoms with Gasteiger partial charge in [-0.1, -0.05) is 30.3 Å². The summed E-state index contributed by atoms with van der Waals surface area (Å²) in [5, 5.41) is 2.76. The monoisotopic (exact) mass is 376 g/mol. The number of carbonyl (C=O) groups excluding carboxylic acids is 2. The molecule has 1 atom stereocenters. The lowest BCUT2D eigenvalue weighted by Gasteiger charge is -2.26. The van der Waals surface area contributed by atoms with Gasteiger partial charge in [-0.05, 0) is 18.1 Å². The Kier molecular flexibility index (Phi) is 8.97. The molecule has 0 saturated carbocycles. The molecule has 1 fully saturated rings. The molecule has 27 heavy (non-hydrogen) atoms. The van der Waals surface area contributed by atoms with E-state index in [2.05, 4.69) is 28.9 Å². The Bertz CT molecular complexity index is 629. The molecule has 1 heterocycles. The van der Waals surface area contributed by atoms with Gasteiger partial charge in [0.25, 0.3) is 5.91 Å². The first-order chi connectivity index (χ1) is 13.1. The van der Waals surface area contributed by atoms with E-state index in [0.29, 0.717) is 6.54 Å². The first kappa shape index (κ1) is 21.1. The minimum Gasteiger partial charge on any atom is -0.454 e. The molecule has 148 valence electrons. The summed E-state index contributed by atoms with van der Waals surface area (Å²) in [6.45, 7) is 9.66. The van der Waals surface area contributed by atoms with Crippen molar-refractivity contribution in [3.63, 3.8) is 0 Å². The second-order valence-corrected chi connectivity index (χ2v) is 6.36. The molecule has 0 radical (unpaired) electrons. The van der Waals surface area contributed by atoms with E-state index < -0.39 is 12.1 Å². The van der Waals surface area contributed by atoms with Gasteiger partial charge in [0.05, 0.1) is 19.8 Å². The van der Waals surface area contributed by atoms with E-state index in [4.69, 9.17) is 14.2 Å².